The maximum Gasteiger partial charge on any atom is 0.179 e. The number of nitrogens with two attached hydrogens (primary N) is 1. The van der Waals surface area contributed by atoms with Crippen LogP contribution >= 0.6 is 0 Å². The highest BCUT2D eigenvalue weighted by atomic mass is 32.2. The molecule has 3 N–H and O–H groups in total. The zero-order valence-electron chi connectivity index (χ0n) is 11.5. The van der Waals surface area contributed by atoms with Gasteiger partial charge in [0.1, 0.15) is 0 Å². The van der Waals surface area contributed by atoms with Gasteiger partial charge in [0.05, 0.1) is 17.3 Å². The van der Waals surface area contributed by atoms with Crippen LogP contribution in [0, 0.1) is 0 Å². The Morgan fingerprint density at radius 3 is 2.65 bits per heavy atom. The summed E-state index contributed by atoms with van der Waals surface area (Å²) in [5.41, 5.74) is 6.36. The van der Waals surface area contributed by atoms with Crippen molar-refractivity contribution in [2.75, 3.05) is 25.4 Å². The Morgan fingerprint density at radius 2 is 2.05 bits per heavy atom. The summed E-state index contributed by atoms with van der Waals surface area (Å²) in [6.07, 6.45) is 2.20. The Hall–Kier alpha value is -0.950. The Morgan fingerprint density at radius 1 is 1.30 bits per heavy atom. The highest BCUT2D eigenvalue weighted by Gasteiger charge is 2.29. The molecule has 0 saturated heterocycles. The molecule has 0 unspecified atom stereocenters. The molecule has 0 bridgehead atoms. The third kappa shape index (κ3) is 4.02. The third-order valence-corrected chi connectivity index (χ3v) is 5.28. The van der Waals surface area contributed by atoms with Gasteiger partial charge in [-0.25, -0.2) is 8.42 Å². The van der Waals surface area contributed by atoms with Gasteiger partial charge in [0.25, 0.3) is 0 Å². The standard InChI is InChI=1S/C14H22N2O3S/c15-11-12-2-1-3-14(10-12)20(18,19)9-7-16(6-8-17)13-4-5-13/h1-3,10,13,17H,4-9,11,15H2. The van der Waals surface area contributed by atoms with Crippen LogP contribution in [0.3, 0.4) is 0 Å². The van der Waals surface area contributed by atoms with Crippen molar-refractivity contribution in [3.8, 4) is 0 Å². The normalized spacial score (nSPS) is 15.8. The van der Waals surface area contributed by atoms with Crippen LogP contribution in [0.25, 0.3) is 0 Å². The minimum Gasteiger partial charge on any atom is -0.395 e. The lowest BCUT2D eigenvalue weighted by Gasteiger charge is -2.20. The summed E-state index contributed by atoms with van der Waals surface area (Å²) < 4.78 is 24.6. The molecule has 1 fully saturated rings. The van der Waals surface area contributed by atoms with E-state index in [1.165, 1.54) is 0 Å². The van der Waals surface area contributed by atoms with E-state index in [0.717, 1.165) is 18.4 Å². The van der Waals surface area contributed by atoms with Crippen molar-refractivity contribution in [1.29, 1.82) is 0 Å². The largest absolute Gasteiger partial charge is 0.395 e. The molecule has 5 nitrogen and oxygen atoms in total. The lowest BCUT2D eigenvalue weighted by atomic mass is 10.2. The molecule has 0 aliphatic heterocycles. The van der Waals surface area contributed by atoms with E-state index in [1.54, 1.807) is 18.2 Å². The molecule has 1 aliphatic carbocycles. The predicted molar refractivity (Wildman–Crippen MR) is 78.1 cm³/mol. The summed E-state index contributed by atoms with van der Waals surface area (Å²) >= 11 is 0. The van der Waals surface area contributed by atoms with Crippen molar-refractivity contribution in [3.63, 3.8) is 0 Å². The molecule has 0 aromatic heterocycles. The van der Waals surface area contributed by atoms with Crippen molar-refractivity contribution in [2.24, 2.45) is 5.73 Å². The van der Waals surface area contributed by atoms with Gasteiger partial charge < -0.3 is 10.8 Å². The number of benzene rings is 1. The number of aliphatic hydroxyl groups is 1. The van der Waals surface area contributed by atoms with E-state index in [4.69, 9.17) is 10.8 Å². The van der Waals surface area contributed by atoms with Gasteiger partial charge in [-0.3, -0.25) is 4.90 Å². The van der Waals surface area contributed by atoms with E-state index in [0.29, 0.717) is 30.6 Å². The summed E-state index contributed by atoms with van der Waals surface area (Å²) in [6, 6.07) is 7.25. The smallest absolute Gasteiger partial charge is 0.179 e. The van der Waals surface area contributed by atoms with Gasteiger partial charge in [0.2, 0.25) is 0 Å². The molecule has 20 heavy (non-hydrogen) atoms. The van der Waals surface area contributed by atoms with E-state index < -0.39 is 9.84 Å². The molecule has 6 heteroatoms. The van der Waals surface area contributed by atoms with Gasteiger partial charge >= 0.3 is 0 Å². The van der Waals surface area contributed by atoms with Gasteiger partial charge in [-0.2, -0.15) is 0 Å². The molecule has 2 rings (SSSR count). The van der Waals surface area contributed by atoms with E-state index >= 15 is 0 Å². The quantitative estimate of drug-likeness (QED) is 0.725. The second kappa shape index (κ2) is 6.67. The first-order chi connectivity index (χ1) is 9.56. The van der Waals surface area contributed by atoms with Gasteiger partial charge in [0, 0.05) is 25.7 Å². The fourth-order valence-electron chi connectivity index (χ4n) is 2.27. The van der Waals surface area contributed by atoms with Crippen LogP contribution in [0.15, 0.2) is 29.2 Å². The summed E-state index contributed by atoms with van der Waals surface area (Å²) in [6.45, 7) is 1.42. The molecule has 0 amide bonds. The zero-order chi connectivity index (χ0) is 14.6. The van der Waals surface area contributed by atoms with Gasteiger partial charge in [-0.05, 0) is 30.5 Å². The molecule has 0 spiro atoms. The topological polar surface area (TPSA) is 83.6 Å². The zero-order valence-corrected chi connectivity index (χ0v) is 12.3. The Labute approximate surface area is 120 Å². The van der Waals surface area contributed by atoms with Crippen molar-refractivity contribution >= 4 is 9.84 Å². The first-order valence-electron chi connectivity index (χ1n) is 6.93. The fraction of sp³-hybridized carbons (Fsp3) is 0.571. The molecule has 1 aliphatic rings. The van der Waals surface area contributed by atoms with Crippen LogP contribution < -0.4 is 5.73 Å². The predicted octanol–water partition coefficient (Wildman–Crippen LogP) is 0.376. The van der Waals surface area contributed by atoms with Crippen molar-refractivity contribution in [2.45, 2.75) is 30.3 Å². The highest BCUT2D eigenvalue weighted by Crippen LogP contribution is 2.26. The molecule has 1 aromatic rings. The Kier molecular flexibility index (Phi) is 5.15. The fourth-order valence-corrected chi connectivity index (χ4v) is 3.59. The van der Waals surface area contributed by atoms with E-state index in [2.05, 4.69) is 4.90 Å². The number of rotatable bonds is 8. The number of sulfone groups is 1. The van der Waals surface area contributed by atoms with Crippen LogP contribution in [0.1, 0.15) is 18.4 Å². The molecular formula is C14H22N2O3S. The van der Waals surface area contributed by atoms with Crippen LogP contribution in [0.5, 0.6) is 0 Å². The third-order valence-electron chi connectivity index (χ3n) is 3.59. The number of nitrogens with zero attached hydrogens (tertiary/aromatic N) is 1. The van der Waals surface area contributed by atoms with Crippen LogP contribution in [-0.4, -0.2) is 49.9 Å². The second-order valence-corrected chi connectivity index (χ2v) is 7.27. The maximum absolute atomic E-state index is 12.3. The Balaban J connectivity index is 2.02. The van der Waals surface area contributed by atoms with E-state index in [1.807, 2.05) is 6.07 Å². The van der Waals surface area contributed by atoms with Crippen LogP contribution in [-0.2, 0) is 16.4 Å². The minimum atomic E-state index is -3.29. The first-order valence-corrected chi connectivity index (χ1v) is 8.58. The maximum atomic E-state index is 12.3. The van der Waals surface area contributed by atoms with Crippen molar-refractivity contribution in [1.82, 2.24) is 4.90 Å². The highest BCUT2D eigenvalue weighted by molar-refractivity contribution is 7.91. The molecule has 0 radical (unpaired) electrons. The summed E-state index contributed by atoms with van der Waals surface area (Å²) in [5, 5.41) is 9.02. The van der Waals surface area contributed by atoms with Crippen LogP contribution in [0.2, 0.25) is 0 Å². The van der Waals surface area contributed by atoms with Gasteiger partial charge in [0.15, 0.2) is 9.84 Å². The van der Waals surface area contributed by atoms with Gasteiger partial charge in [-0.15, -0.1) is 0 Å². The van der Waals surface area contributed by atoms with Gasteiger partial charge in [-0.1, -0.05) is 12.1 Å². The summed E-state index contributed by atoms with van der Waals surface area (Å²) in [5.74, 6) is 0.0809. The van der Waals surface area contributed by atoms with E-state index in [9.17, 15) is 8.42 Å². The summed E-state index contributed by atoms with van der Waals surface area (Å²) in [4.78, 5) is 2.39. The van der Waals surface area contributed by atoms with E-state index in [-0.39, 0.29) is 12.4 Å². The molecule has 112 valence electrons. The average Bonchev–Trinajstić information content (AvgIpc) is 3.28. The summed E-state index contributed by atoms with van der Waals surface area (Å²) in [7, 11) is -3.29. The first kappa shape index (κ1) is 15.4. The lowest BCUT2D eigenvalue weighted by Crippen LogP contribution is -2.33. The molecule has 0 heterocycles. The molecule has 0 atom stereocenters. The average molecular weight is 298 g/mol. The monoisotopic (exact) mass is 298 g/mol. The molecular weight excluding hydrogens is 276 g/mol. The van der Waals surface area contributed by atoms with Crippen molar-refractivity contribution < 1.29 is 13.5 Å². The molecule has 1 aromatic carbocycles. The Bertz CT molecular complexity index is 541. The van der Waals surface area contributed by atoms with Crippen LogP contribution in [0.4, 0.5) is 0 Å². The number of aliphatic hydroxyl groups excluding tert-OH is 1. The second-order valence-electron chi connectivity index (χ2n) is 5.16. The van der Waals surface area contributed by atoms with Crippen molar-refractivity contribution in [3.05, 3.63) is 29.8 Å². The number of hydrogen-bond acceptors (Lipinski definition) is 5. The minimum absolute atomic E-state index is 0.0687. The lowest BCUT2D eigenvalue weighted by molar-refractivity contribution is 0.196. The number of hydrogen-bond donors (Lipinski definition) is 2. The molecule has 1 saturated carbocycles. The SMILES string of the molecule is NCc1cccc(S(=O)(=O)CCN(CCO)C2CC2)c1.